The maximum Gasteiger partial charge on any atom is 0.0540 e. The van der Waals surface area contributed by atoms with E-state index in [9.17, 15) is 5.11 Å². The molecule has 1 aliphatic carbocycles. The molecule has 0 aromatic heterocycles. The zero-order chi connectivity index (χ0) is 13.1. The predicted octanol–water partition coefficient (Wildman–Crippen LogP) is 3.57. The lowest BCUT2D eigenvalue weighted by Gasteiger charge is -2.33. The monoisotopic (exact) mass is 311 g/mol. The minimum absolute atomic E-state index is 0.0811. The second-order valence-corrected chi connectivity index (χ2v) is 6.25. The molecule has 0 spiro atoms. The first-order valence-corrected chi connectivity index (χ1v) is 7.52. The first-order valence-electron chi connectivity index (χ1n) is 6.73. The van der Waals surface area contributed by atoms with E-state index in [2.05, 4.69) is 46.4 Å². The van der Waals surface area contributed by atoms with Gasteiger partial charge in [-0.1, -0.05) is 22.0 Å². The number of nitrogens with one attached hydrogen (secondary N) is 1. The van der Waals surface area contributed by atoms with E-state index < -0.39 is 0 Å². The van der Waals surface area contributed by atoms with Crippen molar-refractivity contribution >= 4 is 15.9 Å². The number of aliphatic hydroxyl groups is 1. The Morgan fingerprint density at radius 1 is 1.28 bits per heavy atom. The van der Waals surface area contributed by atoms with Gasteiger partial charge in [0, 0.05) is 10.5 Å². The van der Waals surface area contributed by atoms with Gasteiger partial charge >= 0.3 is 0 Å². The zero-order valence-corrected chi connectivity index (χ0v) is 12.7. The normalized spacial score (nSPS) is 26.0. The second-order valence-electron chi connectivity index (χ2n) is 5.34. The second kappa shape index (κ2) is 6.18. The largest absolute Gasteiger partial charge is 0.393 e. The standard InChI is InChI=1S/C15H22BrNO/c1-10-3-6-12(16)9-14(10)15(17-2)11-4-7-13(18)8-5-11/h3,6,9,11,13,15,17-18H,4-5,7-8H2,1-2H3. The van der Waals surface area contributed by atoms with Crippen molar-refractivity contribution in [2.75, 3.05) is 7.05 Å². The van der Waals surface area contributed by atoms with Crippen LogP contribution >= 0.6 is 15.9 Å². The third-order valence-electron chi connectivity index (χ3n) is 4.10. The van der Waals surface area contributed by atoms with E-state index in [1.807, 2.05) is 7.05 Å². The minimum atomic E-state index is -0.0811. The van der Waals surface area contributed by atoms with Crippen LogP contribution < -0.4 is 5.32 Å². The summed E-state index contributed by atoms with van der Waals surface area (Å²) in [4.78, 5) is 0. The van der Waals surface area contributed by atoms with Crippen LogP contribution in [0.4, 0.5) is 0 Å². The van der Waals surface area contributed by atoms with Crippen LogP contribution in [0.1, 0.15) is 42.9 Å². The van der Waals surface area contributed by atoms with Crippen LogP contribution in [0.25, 0.3) is 0 Å². The summed E-state index contributed by atoms with van der Waals surface area (Å²) >= 11 is 3.56. The Morgan fingerprint density at radius 2 is 1.94 bits per heavy atom. The van der Waals surface area contributed by atoms with Gasteiger partial charge in [-0.3, -0.25) is 0 Å². The SMILES string of the molecule is CNC(c1cc(Br)ccc1C)C1CCC(O)CC1. The molecule has 2 nitrogen and oxygen atoms in total. The van der Waals surface area contributed by atoms with Gasteiger partial charge in [0.05, 0.1) is 6.10 Å². The summed E-state index contributed by atoms with van der Waals surface area (Å²) in [6.07, 6.45) is 4.02. The predicted molar refractivity (Wildman–Crippen MR) is 78.6 cm³/mol. The molecule has 0 aliphatic heterocycles. The van der Waals surface area contributed by atoms with Crippen molar-refractivity contribution in [1.82, 2.24) is 5.32 Å². The average Bonchev–Trinajstić information content (AvgIpc) is 2.37. The Morgan fingerprint density at radius 3 is 2.56 bits per heavy atom. The maximum atomic E-state index is 9.62. The molecular formula is C15H22BrNO. The van der Waals surface area contributed by atoms with Gasteiger partial charge < -0.3 is 10.4 Å². The Hall–Kier alpha value is -0.380. The number of rotatable bonds is 3. The smallest absolute Gasteiger partial charge is 0.0540 e. The quantitative estimate of drug-likeness (QED) is 0.894. The zero-order valence-electron chi connectivity index (χ0n) is 11.1. The highest BCUT2D eigenvalue weighted by molar-refractivity contribution is 9.10. The van der Waals surface area contributed by atoms with Crippen molar-refractivity contribution in [3.8, 4) is 0 Å². The van der Waals surface area contributed by atoms with Crippen LogP contribution in [-0.4, -0.2) is 18.3 Å². The first kappa shape index (κ1) is 14.0. The molecule has 2 N–H and O–H groups in total. The van der Waals surface area contributed by atoms with Crippen molar-refractivity contribution in [3.05, 3.63) is 33.8 Å². The summed E-state index contributed by atoms with van der Waals surface area (Å²) in [5.74, 6) is 0.631. The van der Waals surface area contributed by atoms with Gasteiger partial charge in [-0.2, -0.15) is 0 Å². The molecule has 0 heterocycles. The fraction of sp³-hybridized carbons (Fsp3) is 0.600. The topological polar surface area (TPSA) is 32.3 Å². The Kier molecular flexibility index (Phi) is 4.82. The van der Waals surface area contributed by atoms with Crippen LogP contribution in [0.15, 0.2) is 22.7 Å². The Balaban J connectivity index is 2.19. The lowest BCUT2D eigenvalue weighted by molar-refractivity contribution is 0.0980. The van der Waals surface area contributed by atoms with E-state index in [-0.39, 0.29) is 6.10 Å². The molecule has 1 aromatic carbocycles. The van der Waals surface area contributed by atoms with E-state index in [1.54, 1.807) is 0 Å². The van der Waals surface area contributed by atoms with Gasteiger partial charge in [-0.05, 0) is 68.8 Å². The summed E-state index contributed by atoms with van der Waals surface area (Å²) < 4.78 is 1.14. The molecule has 1 aliphatic rings. The highest BCUT2D eigenvalue weighted by Crippen LogP contribution is 2.36. The van der Waals surface area contributed by atoms with Crippen molar-refractivity contribution in [2.24, 2.45) is 5.92 Å². The van der Waals surface area contributed by atoms with Gasteiger partial charge in [0.2, 0.25) is 0 Å². The van der Waals surface area contributed by atoms with Crippen molar-refractivity contribution in [3.63, 3.8) is 0 Å². The number of hydrogen-bond donors (Lipinski definition) is 2. The lowest BCUT2D eigenvalue weighted by atomic mass is 9.79. The molecule has 1 unspecified atom stereocenters. The lowest BCUT2D eigenvalue weighted by Crippen LogP contribution is -2.30. The fourth-order valence-electron chi connectivity index (χ4n) is 3.03. The Bertz CT molecular complexity index is 399. The maximum absolute atomic E-state index is 9.62. The van der Waals surface area contributed by atoms with Gasteiger partial charge in [-0.25, -0.2) is 0 Å². The molecule has 1 saturated carbocycles. The van der Waals surface area contributed by atoms with Gasteiger partial charge in [0.15, 0.2) is 0 Å². The molecule has 1 aromatic rings. The highest BCUT2D eigenvalue weighted by atomic mass is 79.9. The molecule has 0 saturated heterocycles. The van der Waals surface area contributed by atoms with Crippen LogP contribution in [0.5, 0.6) is 0 Å². The van der Waals surface area contributed by atoms with Gasteiger partial charge in [0.25, 0.3) is 0 Å². The van der Waals surface area contributed by atoms with Crippen LogP contribution in [0, 0.1) is 12.8 Å². The molecular weight excluding hydrogens is 290 g/mol. The molecule has 0 radical (unpaired) electrons. The van der Waals surface area contributed by atoms with Crippen molar-refractivity contribution in [2.45, 2.75) is 44.8 Å². The molecule has 100 valence electrons. The number of halogens is 1. The number of hydrogen-bond acceptors (Lipinski definition) is 2. The van der Waals surface area contributed by atoms with Crippen molar-refractivity contribution in [1.29, 1.82) is 0 Å². The summed E-state index contributed by atoms with van der Waals surface area (Å²) in [6.45, 7) is 2.17. The minimum Gasteiger partial charge on any atom is -0.393 e. The van der Waals surface area contributed by atoms with Crippen molar-refractivity contribution < 1.29 is 5.11 Å². The van der Waals surface area contributed by atoms with Gasteiger partial charge in [-0.15, -0.1) is 0 Å². The third kappa shape index (κ3) is 3.14. The number of aliphatic hydroxyl groups excluding tert-OH is 1. The summed E-state index contributed by atoms with van der Waals surface area (Å²) in [5.41, 5.74) is 2.72. The number of benzene rings is 1. The summed E-state index contributed by atoms with van der Waals surface area (Å²) in [7, 11) is 2.04. The molecule has 18 heavy (non-hydrogen) atoms. The third-order valence-corrected chi connectivity index (χ3v) is 4.59. The summed E-state index contributed by atoms with van der Waals surface area (Å²) in [5, 5.41) is 13.1. The first-order chi connectivity index (χ1) is 8.61. The van der Waals surface area contributed by atoms with E-state index >= 15 is 0 Å². The summed E-state index contributed by atoms with van der Waals surface area (Å²) in [6, 6.07) is 6.88. The Labute approximate surface area is 118 Å². The van der Waals surface area contributed by atoms with E-state index in [0.29, 0.717) is 12.0 Å². The molecule has 0 bridgehead atoms. The fourth-order valence-corrected chi connectivity index (χ4v) is 3.41. The highest BCUT2D eigenvalue weighted by Gasteiger charge is 2.27. The molecule has 2 rings (SSSR count). The molecule has 1 fully saturated rings. The average molecular weight is 312 g/mol. The number of aryl methyl sites for hydroxylation is 1. The van der Waals surface area contributed by atoms with Gasteiger partial charge in [0.1, 0.15) is 0 Å². The van der Waals surface area contributed by atoms with E-state index in [1.165, 1.54) is 11.1 Å². The molecule has 3 heteroatoms. The molecule has 1 atom stereocenters. The van der Waals surface area contributed by atoms with E-state index in [4.69, 9.17) is 0 Å². The van der Waals surface area contributed by atoms with Crippen LogP contribution in [0.2, 0.25) is 0 Å². The van der Waals surface area contributed by atoms with Crippen LogP contribution in [-0.2, 0) is 0 Å². The molecule has 0 amide bonds. The van der Waals surface area contributed by atoms with Crippen LogP contribution in [0.3, 0.4) is 0 Å². The van der Waals surface area contributed by atoms with E-state index in [0.717, 1.165) is 30.2 Å².